The number of hydrogen-bond donors (Lipinski definition) is 1. The number of carbonyl (C=O) groups excluding carboxylic acids is 1. The zero-order valence-corrected chi connectivity index (χ0v) is 8.14. The van der Waals surface area contributed by atoms with E-state index in [2.05, 4.69) is 4.98 Å². The van der Waals surface area contributed by atoms with E-state index in [1.165, 1.54) is 12.4 Å². The second kappa shape index (κ2) is 3.46. The average molecular weight is 205 g/mol. The number of hydrogen-bond acceptors (Lipinski definition) is 3. The van der Waals surface area contributed by atoms with Gasteiger partial charge in [-0.15, -0.1) is 0 Å². The molecule has 78 valence electrons. The summed E-state index contributed by atoms with van der Waals surface area (Å²) in [4.78, 5) is 26.9. The minimum absolute atomic E-state index is 0.288. The molecule has 1 aliphatic rings. The van der Waals surface area contributed by atoms with Gasteiger partial charge < -0.3 is 5.11 Å². The zero-order valence-electron chi connectivity index (χ0n) is 8.14. The number of pyridine rings is 1. The van der Waals surface area contributed by atoms with Crippen LogP contribution in [-0.2, 0) is 4.79 Å². The van der Waals surface area contributed by atoms with Crippen molar-refractivity contribution in [2.45, 2.75) is 19.3 Å². The molecule has 1 aromatic heterocycles. The Morgan fingerprint density at radius 2 is 1.87 bits per heavy atom. The van der Waals surface area contributed by atoms with E-state index in [4.69, 9.17) is 5.11 Å². The van der Waals surface area contributed by atoms with E-state index in [0.29, 0.717) is 18.4 Å². The number of aromatic nitrogens is 1. The van der Waals surface area contributed by atoms with Crippen LogP contribution in [0.4, 0.5) is 0 Å². The largest absolute Gasteiger partial charge is 0.480 e. The molecule has 1 heterocycles. The molecule has 0 atom stereocenters. The molecule has 0 saturated heterocycles. The van der Waals surface area contributed by atoms with Crippen molar-refractivity contribution in [2.75, 3.05) is 0 Å². The second-order valence-corrected chi connectivity index (χ2v) is 3.81. The molecule has 1 aromatic rings. The fourth-order valence-electron chi connectivity index (χ4n) is 1.85. The number of carbonyl (C=O) groups is 2. The average Bonchev–Trinajstić information content (AvgIpc) is 2.16. The third kappa shape index (κ3) is 1.42. The number of aliphatic carboxylic acids is 1. The lowest BCUT2D eigenvalue weighted by molar-refractivity contribution is -0.150. The van der Waals surface area contributed by atoms with Gasteiger partial charge in [0, 0.05) is 18.0 Å². The summed E-state index contributed by atoms with van der Waals surface area (Å²) in [5.74, 6) is -1.29. The fourth-order valence-corrected chi connectivity index (χ4v) is 1.85. The maximum Gasteiger partial charge on any atom is 0.317 e. The van der Waals surface area contributed by atoms with Crippen molar-refractivity contribution in [3.05, 3.63) is 30.1 Å². The topological polar surface area (TPSA) is 67.3 Å². The summed E-state index contributed by atoms with van der Waals surface area (Å²) in [6.45, 7) is 0. The van der Waals surface area contributed by atoms with Crippen molar-refractivity contribution < 1.29 is 14.7 Å². The van der Waals surface area contributed by atoms with Crippen molar-refractivity contribution in [1.29, 1.82) is 0 Å². The number of carboxylic acids is 1. The Balaban J connectivity index is 2.32. The van der Waals surface area contributed by atoms with Gasteiger partial charge in [0.25, 0.3) is 0 Å². The molecule has 0 unspecified atom stereocenters. The van der Waals surface area contributed by atoms with Crippen molar-refractivity contribution in [1.82, 2.24) is 4.98 Å². The van der Waals surface area contributed by atoms with Crippen LogP contribution in [0.2, 0.25) is 0 Å². The molecule has 0 spiro atoms. The van der Waals surface area contributed by atoms with E-state index in [9.17, 15) is 9.59 Å². The first-order chi connectivity index (χ1) is 7.17. The summed E-state index contributed by atoms with van der Waals surface area (Å²) < 4.78 is 0. The Morgan fingerprint density at radius 1 is 1.27 bits per heavy atom. The Labute approximate surface area is 87.0 Å². The minimum atomic E-state index is -1.17. The molecular formula is C11H11NO3. The third-order valence-electron chi connectivity index (χ3n) is 2.99. The highest BCUT2D eigenvalue weighted by Gasteiger charge is 2.51. The highest BCUT2D eigenvalue weighted by molar-refractivity contribution is 6.12. The summed E-state index contributed by atoms with van der Waals surface area (Å²) in [5, 5.41) is 9.08. The lowest BCUT2D eigenvalue weighted by atomic mass is 9.64. The van der Waals surface area contributed by atoms with Crippen LogP contribution in [0.1, 0.15) is 29.6 Å². The highest BCUT2D eigenvalue weighted by Crippen LogP contribution is 2.43. The normalized spacial score (nSPS) is 17.9. The Hall–Kier alpha value is -1.71. The van der Waals surface area contributed by atoms with E-state index >= 15 is 0 Å². The molecule has 0 aromatic carbocycles. The standard InChI is InChI=1S/C11H11NO3/c13-9(8-2-6-12-7-3-8)11(10(14)15)4-1-5-11/h2-3,6-7H,1,4-5H2,(H,14,15). The van der Waals surface area contributed by atoms with Gasteiger partial charge >= 0.3 is 5.97 Å². The molecular weight excluding hydrogens is 194 g/mol. The van der Waals surface area contributed by atoms with Crippen LogP contribution >= 0.6 is 0 Å². The molecule has 1 fully saturated rings. The van der Waals surface area contributed by atoms with Crippen molar-refractivity contribution in [3.63, 3.8) is 0 Å². The van der Waals surface area contributed by atoms with Crippen LogP contribution in [0.5, 0.6) is 0 Å². The van der Waals surface area contributed by atoms with Gasteiger partial charge in [-0.25, -0.2) is 0 Å². The Bertz CT molecular complexity index is 396. The van der Waals surface area contributed by atoms with Crippen LogP contribution < -0.4 is 0 Å². The Kier molecular flexibility index (Phi) is 2.26. The SMILES string of the molecule is O=C(O)C1(C(=O)c2ccncc2)CCC1. The summed E-state index contributed by atoms with van der Waals surface area (Å²) in [7, 11) is 0. The van der Waals surface area contributed by atoms with E-state index in [1.54, 1.807) is 12.1 Å². The third-order valence-corrected chi connectivity index (χ3v) is 2.99. The van der Waals surface area contributed by atoms with Crippen LogP contribution in [-0.4, -0.2) is 21.8 Å². The molecule has 0 bridgehead atoms. The first-order valence-corrected chi connectivity index (χ1v) is 4.85. The van der Waals surface area contributed by atoms with Gasteiger partial charge in [-0.3, -0.25) is 14.6 Å². The highest BCUT2D eigenvalue weighted by atomic mass is 16.4. The van der Waals surface area contributed by atoms with Crippen molar-refractivity contribution >= 4 is 11.8 Å². The number of nitrogens with zero attached hydrogens (tertiary/aromatic N) is 1. The van der Waals surface area contributed by atoms with Gasteiger partial charge in [0.15, 0.2) is 5.78 Å². The number of carboxylic acid groups (broad SMARTS) is 1. The fraction of sp³-hybridized carbons (Fsp3) is 0.364. The molecule has 4 nitrogen and oxygen atoms in total. The molecule has 2 rings (SSSR count). The lowest BCUT2D eigenvalue weighted by Gasteiger charge is -2.35. The van der Waals surface area contributed by atoms with Gasteiger partial charge in [0.2, 0.25) is 0 Å². The van der Waals surface area contributed by atoms with Crippen LogP contribution in [0, 0.1) is 5.41 Å². The van der Waals surface area contributed by atoms with Gasteiger partial charge in [-0.1, -0.05) is 6.42 Å². The maximum absolute atomic E-state index is 12.0. The molecule has 0 amide bonds. The van der Waals surface area contributed by atoms with Crippen LogP contribution in [0.25, 0.3) is 0 Å². The molecule has 1 saturated carbocycles. The number of ketones is 1. The smallest absolute Gasteiger partial charge is 0.317 e. The monoisotopic (exact) mass is 205 g/mol. The molecule has 4 heteroatoms. The predicted molar refractivity (Wildman–Crippen MR) is 52.5 cm³/mol. The van der Waals surface area contributed by atoms with Crippen LogP contribution in [0.15, 0.2) is 24.5 Å². The summed E-state index contributed by atoms with van der Waals surface area (Å²) in [5.41, 5.74) is -0.728. The number of rotatable bonds is 3. The molecule has 0 radical (unpaired) electrons. The molecule has 0 aliphatic heterocycles. The van der Waals surface area contributed by atoms with E-state index in [1.807, 2.05) is 0 Å². The van der Waals surface area contributed by atoms with E-state index in [-0.39, 0.29) is 5.78 Å². The summed E-state index contributed by atoms with van der Waals surface area (Å²) >= 11 is 0. The molecule has 15 heavy (non-hydrogen) atoms. The van der Waals surface area contributed by atoms with E-state index < -0.39 is 11.4 Å². The van der Waals surface area contributed by atoms with Gasteiger partial charge in [-0.05, 0) is 25.0 Å². The van der Waals surface area contributed by atoms with Gasteiger partial charge in [-0.2, -0.15) is 0 Å². The van der Waals surface area contributed by atoms with Crippen molar-refractivity contribution in [2.24, 2.45) is 5.41 Å². The number of Topliss-reactive ketones (excluding diaryl/α,β-unsaturated/α-hetero) is 1. The first-order valence-electron chi connectivity index (χ1n) is 4.85. The van der Waals surface area contributed by atoms with Gasteiger partial charge in [0.05, 0.1) is 0 Å². The summed E-state index contributed by atoms with van der Waals surface area (Å²) in [6.07, 6.45) is 4.71. The van der Waals surface area contributed by atoms with Crippen molar-refractivity contribution in [3.8, 4) is 0 Å². The van der Waals surface area contributed by atoms with Gasteiger partial charge in [0.1, 0.15) is 5.41 Å². The predicted octanol–water partition coefficient (Wildman–Crippen LogP) is 1.52. The minimum Gasteiger partial charge on any atom is -0.480 e. The van der Waals surface area contributed by atoms with E-state index in [0.717, 1.165) is 6.42 Å². The maximum atomic E-state index is 12.0. The lowest BCUT2D eigenvalue weighted by Crippen LogP contribution is -2.45. The second-order valence-electron chi connectivity index (χ2n) is 3.81. The molecule has 1 N–H and O–H groups in total. The summed E-state index contributed by atoms with van der Waals surface area (Å²) in [6, 6.07) is 3.12. The molecule has 1 aliphatic carbocycles. The quantitative estimate of drug-likeness (QED) is 0.600. The zero-order chi connectivity index (χ0) is 10.9. The Morgan fingerprint density at radius 3 is 2.27 bits per heavy atom. The first kappa shape index (κ1) is 9.83. The van der Waals surface area contributed by atoms with Crippen LogP contribution in [0.3, 0.4) is 0 Å².